The largest absolute Gasteiger partial charge is 0.487 e. The van der Waals surface area contributed by atoms with Crippen molar-refractivity contribution < 1.29 is 9.72 Å². The number of aromatic nitrogens is 2. The number of aromatic amines is 1. The lowest BCUT2D eigenvalue weighted by Gasteiger charge is -2.03. The quantitative estimate of drug-likeness (QED) is 0.759. The van der Waals surface area contributed by atoms with Crippen LogP contribution in [0.2, 0.25) is 0 Å². The maximum absolute atomic E-state index is 5.55. The van der Waals surface area contributed by atoms with Crippen LogP contribution >= 0.6 is 0 Å². The van der Waals surface area contributed by atoms with E-state index in [4.69, 9.17) is 4.74 Å². The van der Waals surface area contributed by atoms with Crippen molar-refractivity contribution in [1.82, 2.24) is 4.98 Å². The van der Waals surface area contributed by atoms with Gasteiger partial charge in [0.25, 0.3) is 0 Å². The van der Waals surface area contributed by atoms with Crippen molar-refractivity contribution in [1.29, 1.82) is 0 Å². The molecule has 0 unspecified atom stereocenters. The van der Waals surface area contributed by atoms with Crippen LogP contribution in [0.15, 0.2) is 42.9 Å². The molecule has 0 fully saturated rings. The van der Waals surface area contributed by atoms with E-state index in [2.05, 4.69) is 9.97 Å². The Kier molecular flexibility index (Phi) is 2.93. The molecule has 76 valence electrons. The molecule has 2 aromatic rings. The van der Waals surface area contributed by atoms with Gasteiger partial charge >= 0.3 is 0 Å². The topological polar surface area (TPSA) is 36.3 Å². The van der Waals surface area contributed by atoms with Crippen molar-refractivity contribution in [2.75, 3.05) is 0 Å². The van der Waals surface area contributed by atoms with E-state index in [9.17, 15) is 0 Å². The number of aryl methyl sites for hydroxylation is 1. The Hall–Kier alpha value is -1.90. The molecule has 0 atom stereocenters. The molecule has 0 saturated heterocycles. The highest BCUT2D eigenvalue weighted by Crippen LogP contribution is 2.08. The van der Waals surface area contributed by atoms with Crippen LogP contribution in [0.1, 0.15) is 11.3 Å². The SMILES string of the molecule is Cc1ccc(COc2cc[nH+]cc2)nc1. The van der Waals surface area contributed by atoms with Crippen molar-refractivity contribution in [2.45, 2.75) is 13.5 Å². The number of ether oxygens (including phenoxy) is 1. The van der Waals surface area contributed by atoms with Gasteiger partial charge in [-0.05, 0) is 18.6 Å². The van der Waals surface area contributed by atoms with E-state index in [1.807, 2.05) is 49.8 Å². The molecule has 0 amide bonds. The molecular weight excluding hydrogens is 188 g/mol. The zero-order chi connectivity index (χ0) is 10.5. The summed E-state index contributed by atoms with van der Waals surface area (Å²) in [5.74, 6) is 0.844. The van der Waals surface area contributed by atoms with Crippen LogP contribution < -0.4 is 9.72 Å². The lowest BCUT2D eigenvalue weighted by atomic mass is 10.3. The number of H-pyrrole nitrogens is 1. The van der Waals surface area contributed by atoms with Gasteiger partial charge in [-0.25, -0.2) is 4.98 Å². The maximum atomic E-state index is 5.55. The molecule has 2 rings (SSSR count). The summed E-state index contributed by atoms with van der Waals surface area (Å²) < 4.78 is 5.55. The number of nitrogens with zero attached hydrogens (tertiary/aromatic N) is 1. The van der Waals surface area contributed by atoms with Crippen LogP contribution in [0, 0.1) is 6.92 Å². The second-order valence-electron chi connectivity index (χ2n) is 3.35. The van der Waals surface area contributed by atoms with Gasteiger partial charge in [0.1, 0.15) is 12.4 Å². The molecule has 2 aromatic heterocycles. The third-order valence-corrected chi connectivity index (χ3v) is 2.05. The molecule has 15 heavy (non-hydrogen) atoms. The molecular formula is C12H13N2O+. The van der Waals surface area contributed by atoms with Crippen LogP contribution in [0.25, 0.3) is 0 Å². The highest BCUT2D eigenvalue weighted by atomic mass is 16.5. The van der Waals surface area contributed by atoms with Crippen LogP contribution in [0.5, 0.6) is 5.75 Å². The number of nitrogens with one attached hydrogen (secondary N) is 1. The van der Waals surface area contributed by atoms with E-state index in [1.54, 1.807) is 0 Å². The molecule has 3 nitrogen and oxygen atoms in total. The summed E-state index contributed by atoms with van der Waals surface area (Å²) in [6.07, 6.45) is 5.51. The van der Waals surface area contributed by atoms with Gasteiger partial charge in [-0.1, -0.05) is 6.07 Å². The Morgan fingerprint density at radius 1 is 1.20 bits per heavy atom. The highest BCUT2D eigenvalue weighted by Gasteiger charge is 1.97. The number of hydrogen-bond acceptors (Lipinski definition) is 2. The van der Waals surface area contributed by atoms with E-state index < -0.39 is 0 Å². The molecule has 0 aliphatic rings. The number of rotatable bonds is 3. The Morgan fingerprint density at radius 2 is 2.00 bits per heavy atom. The minimum absolute atomic E-state index is 0.504. The summed E-state index contributed by atoms with van der Waals surface area (Å²) in [6, 6.07) is 7.78. The van der Waals surface area contributed by atoms with Crippen molar-refractivity contribution in [3.05, 3.63) is 54.1 Å². The molecule has 0 aliphatic carbocycles. The zero-order valence-corrected chi connectivity index (χ0v) is 8.60. The molecule has 0 saturated carbocycles. The lowest BCUT2D eigenvalue weighted by Crippen LogP contribution is -2.01. The second-order valence-corrected chi connectivity index (χ2v) is 3.35. The van der Waals surface area contributed by atoms with Crippen molar-refractivity contribution in [3.63, 3.8) is 0 Å². The first-order chi connectivity index (χ1) is 7.34. The second kappa shape index (κ2) is 4.55. The molecule has 0 radical (unpaired) electrons. The third-order valence-electron chi connectivity index (χ3n) is 2.05. The van der Waals surface area contributed by atoms with E-state index in [0.29, 0.717) is 6.61 Å². The predicted molar refractivity (Wildman–Crippen MR) is 56.3 cm³/mol. The lowest BCUT2D eigenvalue weighted by molar-refractivity contribution is -0.378. The number of hydrogen-bond donors (Lipinski definition) is 0. The van der Waals surface area contributed by atoms with E-state index in [-0.39, 0.29) is 0 Å². The molecule has 0 aromatic carbocycles. The van der Waals surface area contributed by atoms with Gasteiger partial charge in [0.05, 0.1) is 5.69 Å². The fourth-order valence-electron chi connectivity index (χ4n) is 1.21. The zero-order valence-electron chi connectivity index (χ0n) is 8.60. The van der Waals surface area contributed by atoms with Crippen molar-refractivity contribution in [3.8, 4) is 5.75 Å². The fraction of sp³-hybridized carbons (Fsp3) is 0.167. The average molecular weight is 201 g/mol. The first kappa shape index (κ1) is 9.65. The Balaban J connectivity index is 1.96. The Labute approximate surface area is 88.8 Å². The smallest absolute Gasteiger partial charge is 0.170 e. The van der Waals surface area contributed by atoms with Gasteiger partial charge in [0, 0.05) is 18.3 Å². The van der Waals surface area contributed by atoms with Crippen molar-refractivity contribution in [2.24, 2.45) is 0 Å². The molecule has 0 bridgehead atoms. The summed E-state index contributed by atoms with van der Waals surface area (Å²) >= 11 is 0. The first-order valence-corrected chi connectivity index (χ1v) is 4.85. The van der Waals surface area contributed by atoms with Crippen LogP contribution in [-0.4, -0.2) is 4.98 Å². The predicted octanol–water partition coefficient (Wildman–Crippen LogP) is 1.78. The molecule has 0 spiro atoms. The summed E-state index contributed by atoms with van der Waals surface area (Å²) in [4.78, 5) is 7.20. The van der Waals surface area contributed by atoms with Gasteiger partial charge in [0.2, 0.25) is 0 Å². The Bertz CT molecular complexity index is 411. The van der Waals surface area contributed by atoms with Crippen LogP contribution in [-0.2, 0) is 6.61 Å². The van der Waals surface area contributed by atoms with Crippen LogP contribution in [0.3, 0.4) is 0 Å². The fourth-order valence-corrected chi connectivity index (χ4v) is 1.21. The van der Waals surface area contributed by atoms with E-state index in [1.165, 1.54) is 0 Å². The van der Waals surface area contributed by atoms with Gasteiger partial charge < -0.3 is 4.74 Å². The Morgan fingerprint density at radius 3 is 2.67 bits per heavy atom. The van der Waals surface area contributed by atoms with Crippen molar-refractivity contribution >= 4 is 0 Å². The molecule has 2 heterocycles. The summed E-state index contributed by atoms with van der Waals surface area (Å²) in [5.41, 5.74) is 2.10. The minimum Gasteiger partial charge on any atom is -0.487 e. The van der Waals surface area contributed by atoms with Gasteiger partial charge in [-0.3, -0.25) is 4.98 Å². The normalized spacial score (nSPS) is 9.93. The average Bonchev–Trinajstić information content (AvgIpc) is 2.30. The van der Waals surface area contributed by atoms with Gasteiger partial charge in [-0.15, -0.1) is 0 Å². The minimum atomic E-state index is 0.504. The van der Waals surface area contributed by atoms with E-state index in [0.717, 1.165) is 17.0 Å². The maximum Gasteiger partial charge on any atom is 0.170 e. The van der Waals surface area contributed by atoms with Crippen LogP contribution in [0.4, 0.5) is 0 Å². The first-order valence-electron chi connectivity index (χ1n) is 4.85. The number of pyridine rings is 2. The standard InChI is InChI=1S/C12H12N2O/c1-10-2-3-11(14-8-10)9-15-12-4-6-13-7-5-12/h2-8H,9H2,1H3/p+1. The van der Waals surface area contributed by atoms with Gasteiger partial charge in [-0.2, -0.15) is 0 Å². The summed E-state index contributed by atoms with van der Waals surface area (Å²) in [6.45, 7) is 2.52. The van der Waals surface area contributed by atoms with Gasteiger partial charge in [0.15, 0.2) is 12.4 Å². The summed E-state index contributed by atoms with van der Waals surface area (Å²) in [7, 11) is 0. The van der Waals surface area contributed by atoms with E-state index >= 15 is 0 Å². The monoisotopic (exact) mass is 201 g/mol. The summed E-state index contributed by atoms with van der Waals surface area (Å²) in [5, 5.41) is 0. The highest BCUT2D eigenvalue weighted by molar-refractivity contribution is 5.16. The molecule has 3 heteroatoms. The third kappa shape index (κ3) is 2.77. The molecule has 0 aliphatic heterocycles. The molecule has 1 N–H and O–H groups in total.